The van der Waals surface area contributed by atoms with Gasteiger partial charge in [-0.05, 0) is 61.0 Å². The molecular formula is C21H23F3N2OS. The topological polar surface area (TPSA) is 23.6 Å². The normalized spacial score (nSPS) is 18.9. The average Bonchev–Trinajstić information content (AvgIpc) is 3.15. The zero-order valence-corrected chi connectivity index (χ0v) is 16.4. The number of alkyl halides is 3. The molecule has 0 bridgehead atoms. The molecule has 0 unspecified atom stereocenters. The van der Waals surface area contributed by atoms with Gasteiger partial charge < -0.3 is 4.90 Å². The molecule has 1 aromatic carbocycles. The van der Waals surface area contributed by atoms with E-state index < -0.39 is 11.7 Å². The van der Waals surface area contributed by atoms with Crippen LogP contribution in [0.2, 0.25) is 0 Å². The first-order valence-corrected chi connectivity index (χ1v) is 10.5. The van der Waals surface area contributed by atoms with Gasteiger partial charge in [0.25, 0.3) is 0 Å². The maximum atomic E-state index is 12.9. The van der Waals surface area contributed by atoms with Crippen molar-refractivity contribution in [3.05, 3.63) is 57.3 Å². The lowest BCUT2D eigenvalue weighted by Gasteiger charge is -2.35. The van der Waals surface area contributed by atoms with E-state index in [1.54, 1.807) is 17.4 Å². The third-order valence-electron chi connectivity index (χ3n) is 5.72. The number of nitrogens with zero attached hydrogens (tertiary/aromatic N) is 2. The van der Waals surface area contributed by atoms with E-state index in [0.717, 1.165) is 45.0 Å². The van der Waals surface area contributed by atoms with E-state index in [-0.39, 0.29) is 11.8 Å². The van der Waals surface area contributed by atoms with Gasteiger partial charge in [-0.2, -0.15) is 13.2 Å². The lowest BCUT2D eigenvalue weighted by Crippen LogP contribution is -2.43. The fourth-order valence-electron chi connectivity index (χ4n) is 4.14. The van der Waals surface area contributed by atoms with Crippen LogP contribution in [-0.4, -0.2) is 35.3 Å². The Labute approximate surface area is 166 Å². The monoisotopic (exact) mass is 408 g/mol. The number of carbonyl (C=O) groups excluding carboxylic acids is 1. The number of rotatable bonds is 3. The van der Waals surface area contributed by atoms with Crippen LogP contribution in [-0.2, 0) is 30.5 Å². The summed E-state index contributed by atoms with van der Waals surface area (Å²) in [7, 11) is 0. The maximum absolute atomic E-state index is 12.9. The van der Waals surface area contributed by atoms with Crippen LogP contribution in [0.1, 0.15) is 34.4 Å². The number of amides is 1. The lowest BCUT2D eigenvalue weighted by molar-refractivity contribution is -0.138. The summed E-state index contributed by atoms with van der Waals surface area (Å²) in [5.41, 5.74) is 1.33. The number of likely N-dealkylation sites (tertiary alicyclic amines) is 1. The summed E-state index contributed by atoms with van der Waals surface area (Å²) in [5.74, 6) is 0.258. The molecule has 7 heteroatoms. The standard InChI is InChI=1S/C21H23F3N2OS/c22-21(23,24)18-3-1-2-15(12-18)13-25-8-4-16(5-9-25)20(27)26-10-6-19-17(14-26)7-11-28-19/h1-3,7,11-12,16H,4-6,8-10,13-14H2. The molecule has 0 aliphatic carbocycles. The highest BCUT2D eigenvalue weighted by molar-refractivity contribution is 7.10. The van der Waals surface area contributed by atoms with Crippen molar-refractivity contribution < 1.29 is 18.0 Å². The van der Waals surface area contributed by atoms with Crippen molar-refractivity contribution in [2.45, 2.75) is 38.5 Å². The number of carbonyl (C=O) groups is 1. The van der Waals surface area contributed by atoms with Crippen molar-refractivity contribution in [1.29, 1.82) is 0 Å². The molecule has 3 nitrogen and oxygen atoms in total. The molecule has 0 atom stereocenters. The summed E-state index contributed by atoms with van der Waals surface area (Å²) >= 11 is 1.76. The van der Waals surface area contributed by atoms with Gasteiger partial charge >= 0.3 is 6.18 Å². The summed E-state index contributed by atoms with van der Waals surface area (Å²) < 4.78 is 38.6. The average molecular weight is 408 g/mol. The van der Waals surface area contributed by atoms with Crippen molar-refractivity contribution in [2.75, 3.05) is 19.6 Å². The van der Waals surface area contributed by atoms with Crippen LogP contribution in [0.15, 0.2) is 35.7 Å². The molecule has 2 aliphatic rings. The molecule has 1 amide bonds. The van der Waals surface area contributed by atoms with Crippen LogP contribution in [0.25, 0.3) is 0 Å². The molecule has 3 heterocycles. The van der Waals surface area contributed by atoms with Crippen LogP contribution in [0.5, 0.6) is 0 Å². The molecule has 1 saturated heterocycles. The second-order valence-corrected chi connectivity index (χ2v) is 8.63. The van der Waals surface area contributed by atoms with Gasteiger partial charge in [0.15, 0.2) is 0 Å². The SMILES string of the molecule is O=C(C1CCN(Cc2cccc(C(F)(F)F)c2)CC1)N1CCc2sccc2C1. The Hall–Kier alpha value is -1.86. The first kappa shape index (κ1) is 19.5. The van der Waals surface area contributed by atoms with Crippen molar-refractivity contribution in [3.8, 4) is 0 Å². The second kappa shape index (κ2) is 7.87. The van der Waals surface area contributed by atoms with Gasteiger partial charge in [0.2, 0.25) is 5.91 Å². The van der Waals surface area contributed by atoms with Crippen molar-refractivity contribution >= 4 is 17.2 Å². The number of piperidine rings is 1. The Morgan fingerprint density at radius 1 is 1.14 bits per heavy atom. The van der Waals surface area contributed by atoms with Gasteiger partial charge in [-0.15, -0.1) is 11.3 Å². The van der Waals surface area contributed by atoms with E-state index in [4.69, 9.17) is 0 Å². The fraction of sp³-hybridized carbons (Fsp3) is 0.476. The van der Waals surface area contributed by atoms with Crippen LogP contribution in [0.3, 0.4) is 0 Å². The third kappa shape index (κ3) is 4.25. The van der Waals surface area contributed by atoms with Gasteiger partial charge in [0.05, 0.1) is 5.56 Å². The summed E-state index contributed by atoms with van der Waals surface area (Å²) in [6, 6.07) is 7.63. The highest BCUT2D eigenvalue weighted by Crippen LogP contribution is 2.31. The summed E-state index contributed by atoms with van der Waals surface area (Å²) in [6.45, 7) is 3.47. The predicted octanol–water partition coefficient (Wildman–Crippen LogP) is 4.56. The van der Waals surface area contributed by atoms with Gasteiger partial charge in [0, 0.05) is 30.4 Å². The van der Waals surface area contributed by atoms with Gasteiger partial charge in [0.1, 0.15) is 0 Å². The molecule has 28 heavy (non-hydrogen) atoms. The highest BCUT2D eigenvalue weighted by Gasteiger charge is 2.32. The number of thiophene rings is 1. The number of fused-ring (bicyclic) bond motifs is 1. The van der Waals surface area contributed by atoms with E-state index in [0.29, 0.717) is 18.7 Å². The molecule has 150 valence electrons. The molecule has 2 aliphatic heterocycles. The first-order valence-electron chi connectivity index (χ1n) is 9.62. The zero-order chi connectivity index (χ0) is 19.7. The molecular weight excluding hydrogens is 385 g/mol. The molecule has 0 radical (unpaired) electrons. The molecule has 4 rings (SSSR count). The second-order valence-electron chi connectivity index (χ2n) is 7.63. The van der Waals surface area contributed by atoms with Gasteiger partial charge in [-0.1, -0.05) is 18.2 Å². The largest absolute Gasteiger partial charge is 0.416 e. The summed E-state index contributed by atoms with van der Waals surface area (Å²) in [4.78, 5) is 18.4. The molecule has 0 N–H and O–H groups in total. The lowest BCUT2D eigenvalue weighted by atomic mass is 9.94. The minimum absolute atomic E-state index is 0.0259. The van der Waals surface area contributed by atoms with Crippen molar-refractivity contribution in [1.82, 2.24) is 9.80 Å². The molecule has 1 fully saturated rings. The smallest absolute Gasteiger partial charge is 0.338 e. The van der Waals surface area contributed by atoms with E-state index in [2.05, 4.69) is 16.3 Å². The predicted molar refractivity (Wildman–Crippen MR) is 103 cm³/mol. The number of halogens is 3. The fourth-order valence-corrected chi connectivity index (χ4v) is 5.03. The van der Waals surface area contributed by atoms with Gasteiger partial charge in [-0.25, -0.2) is 0 Å². The Morgan fingerprint density at radius 2 is 1.93 bits per heavy atom. The summed E-state index contributed by atoms with van der Waals surface area (Å²) in [6.07, 6.45) is -1.84. The first-order chi connectivity index (χ1) is 13.4. The quantitative estimate of drug-likeness (QED) is 0.743. The van der Waals surface area contributed by atoms with Crippen LogP contribution >= 0.6 is 11.3 Å². The van der Waals surface area contributed by atoms with E-state index in [1.165, 1.54) is 22.6 Å². The highest BCUT2D eigenvalue weighted by atomic mass is 32.1. The minimum atomic E-state index is -4.31. The Balaban J connectivity index is 1.31. The minimum Gasteiger partial charge on any atom is -0.338 e. The number of hydrogen-bond acceptors (Lipinski definition) is 3. The Morgan fingerprint density at radius 3 is 2.68 bits per heavy atom. The van der Waals surface area contributed by atoms with Crippen LogP contribution in [0, 0.1) is 5.92 Å². The molecule has 0 spiro atoms. The molecule has 0 saturated carbocycles. The van der Waals surface area contributed by atoms with E-state index in [9.17, 15) is 18.0 Å². The Bertz CT molecular complexity index is 840. The van der Waals surface area contributed by atoms with E-state index in [1.807, 2.05) is 4.90 Å². The van der Waals surface area contributed by atoms with Crippen molar-refractivity contribution in [2.24, 2.45) is 5.92 Å². The number of benzene rings is 1. The van der Waals surface area contributed by atoms with Gasteiger partial charge in [-0.3, -0.25) is 9.69 Å². The molecule has 2 aromatic rings. The zero-order valence-electron chi connectivity index (χ0n) is 15.5. The molecule has 1 aromatic heterocycles. The van der Waals surface area contributed by atoms with E-state index >= 15 is 0 Å². The summed E-state index contributed by atoms with van der Waals surface area (Å²) in [5, 5.41) is 2.09. The third-order valence-corrected chi connectivity index (χ3v) is 6.74. The Kier molecular flexibility index (Phi) is 5.47. The van der Waals surface area contributed by atoms with Crippen LogP contribution in [0.4, 0.5) is 13.2 Å². The van der Waals surface area contributed by atoms with Crippen LogP contribution < -0.4 is 0 Å². The van der Waals surface area contributed by atoms with Crippen molar-refractivity contribution in [3.63, 3.8) is 0 Å². The number of hydrogen-bond donors (Lipinski definition) is 0. The maximum Gasteiger partial charge on any atom is 0.416 e.